The summed E-state index contributed by atoms with van der Waals surface area (Å²) in [6.45, 7) is 9.44. The van der Waals surface area contributed by atoms with Crippen LogP contribution >= 0.6 is 0 Å². The van der Waals surface area contributed by atoms with Crippen LogP contribution in [0.1, 0.15) is 38.6 Å². The monoisotopic (exact) mass is 572 g/mol. The summed E-state index contributed by atoms with van der Waals surface area (Å²) in [6, 6.07) is 24.5. The smallest absolute Gasteiger partial charge is 0.335 e. The molecular weight excluding hydrogens is 547 g/mol. The van der Waals surface area contributed by atoms with Crippen LogP contribution in [0.2, 0.25) is 0 Å². The topological polar surface area (TPSA) is 94.7 Å². The van der Waals surface area contributed by atoms with E-state index >= 15 is 0 Å². The lowest BCUT2D eigenvalue weighted by Crippen LogP contribution is -2.06. The third-order valence-electron chi connectivity index (χ3n) is 7.16. The summed E-state index contributed by atoms with van der Waals surface area (Å²) in [7, 11) is 0. The molecule has 0 aliphatic rings. The molecule has 212 valence electrons. The number of ether oxygens (including phenoxy) is 1. The molecule has 0 spiro atoms. The Hall–Kier alpha value is -5.75. The lowest BCUT2D eigenvalue weighted by molar-refractivity contribution is 0.0697. The SMILES string of the molecule is [C-]#[N+]c1ccc(COc2cccc(-c3ccc(Cc4nc5ccc(C(=O)O)cc5n4Cc4ccco4)cc3C)n2)c(F)c1. The van der Waals surface area contributed by atoms with Gasteiger partial charge in [0.2, 0.25) is 5.88 Å². The summed E-state index contributed by atoms with van der Waals surface area (Å²) in [5.41, 5.74) is 5.90. The number of aromatic carboxylic acids is 1. The second kappa shape index (κ2) is 11.6. The lowest BCUT2D eigenvalue weighted by atomic mass is 10.0. The molecule has 0 saturated heterocycles. The number of pyridine rings is 1. The van der Waals surface area contributed by atoms with Crippen molar-refractivity contribution in [3.63, 3.8) is 0 Å². The molecule has 0 aliphatic carbocycles. The Kier molecular flexibility index (Phi) is 7.41. The normalized spacial score (nSPS) is 11.0. The molecule has 0 amide bonds. The van der Waals surface area contributed by atoms with Gasteiger partial charge in [0.05, 0.1) is 41.7 Å². The fourth-order valence-corrected chi connectivity index (χ4v) is 5.00. The van der Waals surface area contributed by atoms with Gasteiger partial charge in [0, 0.05) is 23.6 Å². The highest BCUT2D eigenvalue weighted by Crippen LogP contribution is 2.27. The third-order valence-corrected chi connectivity index (χ3v) is 7.16. The fraction of sp³-hybridized carbons (Fsp3) is 0.118. The maximum absolute atomic E-state index is 14.3. The number of aryl methyl sites for hydroxylation is 1. The molecule has 0 bridgehead atoms. The number of aromatic nitrogens is 3. The van der Waals surface area contributed by atoms with Crippen LogP contribution < -0.4 is 4.74 Å². The van der Waals surface area contributed by atoms with Crippen LogP contribution in [0.4, 0.5) is 10.1 Å². The van der Waals surface area contributed by atoms with Crippen LogP contribution in [0.5, 0.6) is 5.88 Å². The number of carbonyl (C=O) groups is 1. The molecule has 1 N–H and O–H groups in total. The van der Waals surface area contributed by atoms with E-state index in [-0.39, 0.29) is 17.9 Å². The summed E-state index contributed by atoms with van der Waals surface area (Å²) >= 11 is 0. The molecular formula is C34H25FN4O4. The minimum Gasteiger partial charge on any atom is -0.478 e. The Morgan fingerprint density at radius 3 is 2.67 bits per heavy atom. The van der Waals surface area contributed by atoms with Gasteiger partial charge in [-0.25, -0.2) is 24.0 Å². The van der Waals surface area contributed by atoms with Crippen molar-refractivity contribution in [3.8, 4) is 17.1 Å². The molecule has 0 saturated carbocycles. The largest absolute Gasteiger partial charge is 0.478 e. The number of imidazole rings is 1. The van der Waals surface area contributed by atoms with Crippen molar-refractivity contribution in [3.05, 3.63) is 142 Å². The van der Waals surface area contributed by atoms with Crippen molar-refractivity contribution in [2.45, 2.75) is 26.5 Å². The molecule has 3 heterocycles. The van der Waals surface area contributed by atoms with E-state index in [4.69, 9.17) is 20.7 Å². The minimum atomic E-state index is -0.995. The third kappa shape index (κ3) is 5.85. The Morgan fingerprint density at radius 1 is 1.05 bits per heavy atom. The number of halogens is 1. The first-order chi connectivity index (χ1) is 20.9. The maximum Gasteiger partial charge on any atom is 0.335 e. The number of rotatable bonds is 9. The van der Waals surface area contributed by atoms with Crippen LogP contribution in [0.15, 0.2) is 95.6 Å². The summed E-state index contributed by atoms with van der Waals surface area (Å²) in [6.07, 6.45) is 2.13. The van der Waals surface area contributed by atoms with E-state index in [1.54, 1.807) is 42.7 Å². The molecule has 0 atom stereocenters. The van der Waals surface area contributed by atoms with E-state index in [0.717, 1.165) is 39.5 Å². The van der Waals surface area contributed by atoms with E-state index in [2.05, 4.69) is 15.9 Å². The molecule has 8 nitrogen and oxygen atoms in total. The summed E-state index contributed by atoms with van der Waals surface area (Å²) in [4.78, 5) is 24.3. The zero-order valence-corrected chi connectivity index (χ0v) is 23.1. The van der Waals surface area contributed by atoms with Crippen LogP contribution in [0.3, 0.4) is 0 Å². The Labute approximate surface area is 246 Å². The van der Waals surface area contributed by atoms with Gasteiger partial charge in [0.1, 0.15) is 24.0 Å². The number of hydrogen-bond acceptors (Lipinski definition) is 5. The van der Waals surface area contributed by atoms with Crippen molar-refractivity contribution >= 4 is 22.7 Å². The number of fused-ring (bicyclic) bond motifs is 1. The molecule has 6 aromatic rings. The van der Waals surface area contributed by atoms with E-state index in [1.165, 1.54) is 6.07 Å². The van der Waals surface area contributed by atoms with Gasteiger partial charge in [-0.15, -0.1) is 0 Å². The maximum atomic E-state index is 14.3. The van der Waals surface area contributed by atoms with E-state index in [9.17, 15) is 14.3 Å². The predicted octanol–water partition coefficient (Wildman–Crippen LogP) is 7.61. The van der Waals surface area contributed by atoms with Gasteiger partial charge in [-0.2, -0.15) is 0 Å². The van der Waals surface area contributed by atoms with Crippen LogP contribution in [-0.2, 0) is 19.6 Å². The van der Waals surface area contributed by atoms with Crippen LogP contribution in [-0.4, -0.2) is 25.6 Å². The molecule has 9 heteroatoms. The molecule has 6 rings (SSSR count). The summed E-state index contributed by atoms with van der Waals surface area (Å²) in [5, 5.41) is 9.53. The quantitative estimate of drug-likeness (QED) is 0.179. The van der Waals surface area contributed by atoms with E-state index < -0.39 is 11.8 Å². The number of carboxylic acids is 1. The molecule has 0 radical (unpaired) electrons. The molecule has 0 aliphatic heterocycles. The number of nitrogens with zero attached hydrogens (tertiary/aromatic N) is 4. The van der Waals surface area contributed by atoms with Gasteiger partial charge < -0.3 is 18.8 Å². The van der Waals surface area contributed by atoms with E-state index in [1.807, 2.05) is 47.9 Å². The first kappa shape index (κ1) is 27.4. The number of carboxylic acid groups (broad SMARTS) is 1. The average Bonchev–Trinajstić information content (AvgIpc) is 3.64. The number of hydrogen-bond donors (Lipinski definition) is 1. The number of benzene rings is 3. The molecule has 43 heavy (non-hydrogen) atoms. The Balaban J connectivity index is 1.25. The van der Waals surface area contributed by atoms with Gasteiger partial charge in [0.15, 0.2) is 5.69 Å². The summed E-state index contributed by atoms with van der Waals surface area (Å²) in [5.74, 6) is 0.402. The predicted molar refractivity (Wildman–Crippen MR) is 159 cm³/mol. The zero-order valence-electron chi connectivity index (χ0n) is 23.1. The molecule has 3 aromatic carbocycles. The van der Waals surface area contributed by atoms with Crippen molar-refractivity contribution in [2.24, 2.45) is 0 Å². The van der Waals surface area contributed by atoms with Crippen molar-refractivity contribution in [1.29, 1.82) is 0 Å². The van der Waals surface area contributed by atoms with Crippen molar-refractivity contribution in [1.82, 2.24) is 14.5 Å². The van der Waals surface area contributed by atoms with Crippen LogP contribution in [0, 0.1) is 19.3 Å². The minimum absolute atomic E-state index is 0.00848. The molecule has 0 fully saturated rings. The highest BCUT2D eigenvalue weighted by Gasteiger charge is 2.16. The van der Waals surface area contributed by atoms with Gasteiger partial charge in [-0.3, -0.25) is 0 Å². The molecule has 0 unspecified atom stereocenters. The van der Waals surface area contributed by atoms with Crippen molar-refractivity contribution < 1.29 is 23.4 Å². The Morgan fingerprint density at radius 2 is 1.93 bits per heavy atom. The van der Waals surface area contributed by atoms with Crippen molar-refractivity contribution in [2.75, 3.05) is 0 Å². The highest BCUT2D eigenvalue weighted by atomic mass is 19.1. The van der Waals surface area contributed by atoms with Gasteiger partial charge in [-0.05, 0) is 60.5 Å². The fourth-order valence-electron chi connectivity index (χ4n) is 5.00. The first-order valence-electron chi connectivity index (χ1n) is 13.5. The zero-order chi connectivity index (χ0) is 29.9. The Bertz CT molecular complexity index is 2010. The van der Waals surface area contributed by atoms with Gasteiger partial charge in [-0.1, -0.05) is 36.4 Å². The second-order valence-corrected chi connectivity index (χ2v) is 10.1. The van der Waals surface area contributed by atoms with Gasteiger partial charge in [0.25, 0.3) is 0 Å². The standard InChI is InChI=1S/C34H25FN4O4/c1-21-15-22(16-32-37-30-13-10-23(34(40)41)17-31(30)39(32)19-26-5-4-14-42-26)8-12-27(21)29-6-3-7-33(38-29)43-20-24-9-11-25(36-2)18-28(24)35/h3-15,17-18H,16,19-20H2,1H3,(H,40,41). The highest BCUT2D eigenvalue weighted by molar-refractivity contribution is 5.92. The summed E-state index contributed by atoms with van der Waals surface area (Å²) < 4.78 is 27.6. The lowest BCUT2D eigenvalue weighted by Gasteiger charge is -2.12. The first-order valence-corrected chi connectivity index (χ1v) is 13.5. The van der Waals surface area contributed by atoms with Gasteiger partial charge >= 0.3 is 5.97 Å². The molecule has 3 aromatic heterocycles. The number of furan rings is 1. The van der Waals surface area contributed by atoms with E-state index in [0.29, 0.717) is 29.9 Å². The second-order valence-electron chi connectivity index (χ2n) is 10.1. The van der Waals surface area contributed by atoms with Crippen LogP contribution in [0.25, 0.3) is 27.1 Å². The average molecular weight is 573 g/mol.